The second-order valence-corrected chi connectivity index (χ2v) is 12.3. The Morgan fingerprint density at radius 2 is 2.02 bits per heavy atom. The van der Waals surface area contributed by atoms with Crippen molar-refractivity contribution in [1.29, 1.82) is 0 Å². The minimum atomic E-state index is -4.44. The first-order valence-corrected chi connectivity index (χ1v) is 14.8. The maximum Gasteiger partial charge on any atom is 0.394 e. The molecule has 12 heteroatoms. The summed E-state index contributed by atoms with van der Waals surface area (Å²) in [7, 11) is 2.04. The van der Waals surface area contributed by atoms with Gasteiger partial charge in [0.1, 0.15) is 17.1 Å². The van der Waals surface area contributed by atoms with Crippen molar-refractivity contribution < 1.29 is 26.3 Å². The minimum absolute atomic E-state index is 0.00686. The van der Waals surface area contributed by atoms with E-state index in [1.165, 1.54) is 23.6 Å². The fourth-order valence-electron chi connectivity index (χ4n) is 5.03. The van der Waals surface area contributed by atoms with E-state index >= 15 is 0 Å². The molecule has 2 N–H and O–H groups in total. The lowest BCUT2D eigenvalue weighted by Crippen LogP contribution is -2.43. The van der Waals surface area contributed by atoms with Crippen molar-refractivity contribution in [3.8, 4) is 17.6 Å². The van der Waals surface area contributed by atoms with Crippen LogP contribution in [0.15, 0.2) is 41.4 Å². The van der Waals surface area contributed by atoms with Crippen molar-refractivity contribution in [1.82, 2.24) is 19.6 Å². The van der Waals surface area contributed by atoms with Gasteiger partial charge in [-0.1, -0.05) is 12.0 Å². The monoisotopic (exact) mass is 577 g/mol. The largest absolute Gasteiger partial charge is 0.495 e. The van der Waals surface area contributed by atoms with E-state index in [-0.39, 0.29) is 34.9 Å². The van der Waals surface area contributed by atoms with Crippen molar-refractivity contribution in [2.24, 2.45) is 0 Å². The van der Waals surface area contributed by atoms with Gasteiger partial charge in [-0.2, -0.15) is 13.2 Å². The molecule has 0 saturated carbocycles. The van der Waals surface area contributed by atoms with Crippen LogP contribution in [-0.2, 0) is 16.3 Å². The first kappa shape index (κ1) is 29.7. The summed E-state index contributed by atoms with van der Waals surface area (Å²) in [5.74, 6) is 6.00. The Balaban J connectivity index is 1.63. The van der Waals surface area contributed by atoms with Gasteiger partial charge in [-0.3, -0.25) is 0 Å². The summed E-state index contributed by atoms with van der Waals surface area (Å²) < 4.78 is 71.2. The summed E-state index contributed by atoms with van der Waals surface area (Å²) in [4.78, 5) is 6.82. The Bertz CT molecular complexity index is 1520. The van der Waals surface area contributed by atoms with E-state index in [4.69, 9.17) is 4.74 Å². The molecule has 1 aliphatic rings. The number of alkyl halides is 3. The number of ether oxygens (including phenoxy) is 1. The molecule has 2 aromatic heterocycles. The smallest absolute Gasteiger partial charge is 0.394 e. The van der Waals surface area contributed by atoms with Gasteiger partial charge in [0.15, 0.2) is 9.84 Å². The lowest BCUT2D eigenvalue weighted by atomic mass is 9.93. The summed E-state index contributed by atoms with van der Waals surface area (Å²) in [6.45, 7) is 0.954. The highest BCUT2D eigenvalue weighted by Gasteiger charge is 2.32. The van der Waals surface area contributed by atoms with Crippen LogP contribution in [0.4, 0.5) is 18.9 Å². The van der Waals surface area contributed by atoms with Crippen LogP contribution >= 0.6 is 0 Å². The summed E-state index contributed by atoms with van der Waals surface area (Å²) in [6.07, 6.45) is 0.0377. The highest BCUT2D eigenvalue weighted by molar-refractivity contribution is 7.90. The molecule has 0 radical (unpaired) electrons. The number of rotatable bonds is 8. The maximum atomic E-state index is 13.6. The van der Waals surface area contributed by atoms with Crippen molar-refractivity contribution in [2.45, 2.75) is 48.8 Å². The molecule has 1 fully saturated rings. The number of benzene rings is 1. The standard InChI is InChI=1S/C28H34F3N5O3S/c1-35(2)18-19-8-5-10-22(33-19)21-9-7-15-36-25(17-28(29,30)31)23(34-27(21)36)11-6-14-32-24-13-12-20(40(4,37)38)16-26(24)39-3/h7,9,12-13,15-16,19,22,32-33H,5,8,10,14,17-18H2,1-4H3/t19-,22-/m1/s1. The predicted molar refractivity (Wildman–Crippen MR) is 148 cm³/mol. The number of hydrogen-bond donors (Lipinski definition) is 2. The molecule has 0 bridgehead atoms. The molecule has 3 aromatic rings. The molecule has 1 aliphatic heterocycles. The second-order valence-electron chi connectivity index (χ2n) is 10.3. The maximum absolute atomic E-state index is 13.6. The van der Waals surface area contributed by atoms with Gasteiger partial charge in [-0.05, 0) is 57.5 Å². The Kier molecular flexibility index (Phi) is 8.97. The van der Waals surface area contributed by atoms with Crippen LogP contribution in [0.1, 0.15) is 42.3 Å². The van der Waals surface area contributed by atoms with E-state index in [1.807, 2.05) is 20.2 Å². The van der Waals surface area contributed by atoms with E-state index < -0.39 is 22.4 Å². The summed E-state index contributed by atoms with van der Waals surface area (Å²) in [5, 5.41) is 6.69. The number of imidazole rings is 1. The number of likely N-dealkylation sites (N-methyl/N-ethyl adjacent to an activating group) is 1. The van der Waals surface area contributed by atoms with Gasteiger partial charge in [-0.25, -0.2) is 13.4 Å². The topological polar surface area (TPSA) is 88.0 Å². The number of fused-ring (bicyclic) bond motifs is 1. The van der Waals surface area contributed by atoms with Gasteiger partial charge in [0.05, 0.1) is 36.4 Å². The number of nitrogens with one attached hydrogen (secondary N) is 2. The number of hydrogen-bond acceptors (Lipinski definition) is 7. The lowest BCUT2D eigenvalue weighted by Gasteiger charge is -2.33. The fraction of sp³-hybridized carbons (Fsp3) is 0.464. The van der Waals surface area contributed by atoms with Crippen molar-refractivity contribution in [2.75, 3.05) is 45.9 Å². The van der Waals surface area contributed by atoms with E-state index in [0.717, 1.165) is 37.6 Å². The quantitative estimate of drug-likeness (QED) is 0.391. The van der Waals surface area contributed by atoms with E-state index in [0.29, 0.717) is 17.1 Å². The molecule has 8 nitrogen and oxygen atoms in total. The molecule has 0 aliphatic carbocycles. The predicted octanol–water partition coefficient (Wildman–Crippen LogP) is 4.06. The highest BCUT2D eigenvalue weighted by atomic mass is 32.2. The van der Waals surface area contributed by atoms with Gasteiger partial charge in [0.25, 0.3) is 0 Å². The molecule has 0 spiro atoms. The molecule has 2 atom stereocenters. The van der Waals surface area contributed by atoms with Crippen LogP contribution < -0.4 is 15.4 Å². The molecule has 1 aromatic carbocycles. The van der Waals surface area contributed by atoms with E-state index in [9.17, 15) is 21.6 Å². The molecule has 0 amide bonds. The third kappa shape index (κ3) is 7.27. The van der Waals surface area contributed by atoms with Crippen molar-refractivity contribution in [3.63, 3.8) is 0 Å². The second kappa shape index (κ2) is 12.1. The van der Waals surface area contributed by atoms with Gasteiger partial charge in [0.2, 0.25) is 0 Å². The number of pyridine rings is 1. The van der Waals surface area contributed by atoms with Crippen molar-refractivity contribution in [3.05, 3.63) is 53.5 Å². The fourth-order valence-corrected chi connectivity index (χ4v) is 5.67. The number of methoxy groups -OCH3 is 1. The lowest BCUT2D eigenvalue weighted by molar-refractivity contribution is -0.128. The molecule has 216 valence electrons. The molecular weight excluding hydrogens is 543 g/mol. The average molecular weight is 578 g/mol. The summed E-state index contributed by atoms with van der Waals surface area (Å²) in [5.41, 5.74) is 1.91. The molecule has 40 heavy (non-hydrogen) atoms. The summed E-state index contributed by atoms with van der Waals surface area (Å²) >= 11 is 0. The number of aromatic nitrogens is 2. The molecule has 4 rings (SSSR count). The number of piperidine rings is 1. The van der Waals surface area contributed by atoms with Crippen LogP contribution in [0.5, 0.6) is 5.75 Å². The Morgan fingerprint density at radius 3 is 2.70 bits per heavy atom. The SMILES string of the molecule is COc1cc(S(C)(=O)=O)ccc1NCC#Cc1nc2c([C@H]3CCC[C@H](CN(C)C)N3)cccn2c1CC(F)(F)F. The number of anilines is 1. The third-order valence-electron chi connectivity index (χ3n) is 6.77. The van der Waals surface area contributed by atoms with Gasteiger partial charge in [0, 0.05) is 42.7 Å². The van der Waals surface area contributed by atoms with E-state index in [2.05, 4.69) is 32.4 Å². The van der Waals surface area contributed by atoms with Crippen LogP contribution in [0.3, 0.4) is 0 Å². The van der Waals surface area contributed by atoms with Gasteiger partial charge >= 0.3 is 6.18 Å². The van der Waals surface area contributed by atoms with Crippen LogP contribution in [-0.4, -0.2) is 75.5 Å². The molecular formula is C28H34F3N5O3S. The van der Waals surface area contributed by atoms with Crippen LogP contribution in [0.2, 0.25) is 0 Å². The zero-order valence-corrected chi connectivity index (χ0v) is 23.8. The summed E-state index contributed by atoms with van der Waals surface area (Å²) in [6, 6.07) is 8.34. The number of nitrogens with zero attached hydrogens (tertiary/aromatic N) is 3. The van der Waals surface area contributed by atoms with Crippen LogP contribution in [0, 0.1) is 11.8 Å². The normalized spacial score (nSPS) is 18.0. The van der Waals surface area contributed by atoms with Gasteiger partial charge < -0.3 is 24.7 Å². The highest BCUT2D eigenvalue weighted by Crippen LogP contribution is 2.31. The Hall–Kier alpha value is -3.27. The zero-order chi connectivity index (χ0) is 29.1. The van der Waals surface area contributed by atoms with E-state index in [1.54, 1.807) is 18.3 Å². The zero-order valence-electron chi connectivity index (χ0n) is 23.0. The van der Waals surface area contributed by atoms with Gasteiger partial charge in [-0.15, -0.1) is 0 Å². The van der Waals surface area contributed by atoms with Crippen LogP contribution in [0.25, 0.3) is 5.65 Å². The Morgan fingerprint density at radius 1 is 1.25 bits per heavy atom. The third-order valence-corrected chi connectivity index (χ3v) is 7.88. The first-order chi connectivity index (χ1) is 18.9. The Labute approximate surface area is 232 Å². The van der Waals surface area contributed by atoms with Crippen molar-refractivity contribution >= 4 is 21.2 Å². The number of sulfone groups is 1. The average Bonchev–Trinajstić information content (AvgIpc) is 3.21. The number of halogens is 3. The molecule has 1 saturated heterocycles. The minimum Gasteiger partial charge on any atom is -0.495 e. The molecule has 0 unspecified atom stereocenters. The molecule has 3 heterocycles. The first-order valence-electron chi connectivity index (χ1n) is 12.9.